The number of morpholine rings is 1. The van der Waals surface area contributed by atoms with E-state index in [1.54, 1.807) is 0 Å². The third-order valence-corrected chi connectivity index (χ3v) is 5.59. The van der Waals surface area contributed by atoms with Crippen molar-refractivity contribution >= 4 is 5.69 Å². The Morgan fingerprint density at radius 1 is 1.09 bits per heavy atom. The summed E-state index contributed by atoms with van der Waals surface area (Å²) >= 11 is 0. The zero-order valence-corrected chi connectivity index (χ0v) is 13.4. The Morgan fingerprint density at radius 2 is 1.95 bits per heavy atom. The molecular formula is C18H27N3O. The standard InChI is InChI=1S/C18H27N3O/c1-2-4-17(21-9-11-22-12-10-21)16(3-1)13-20-8-6-18(15-20)5-7-19-14-18/h1-4,19H,5-15H2. The lowest BCUT2D eigenvalue weighted by Crippen LogP contribution is -2.37. The van der Waals surface area contributed by atoms with Crippen LogP contribution in [0.3, 0.4) is 0 Å². The normalized spacial score (nSPS) is 29.5. The summed E-state index contributed by atoms with van der Waals surface area (Å²) in [6.07, 6.45) is 2.72. The molecule has 1 spiro atoms. The van der Waals surface area contributed by atoms with Crippen LogP contribution in [0.25, 0.3) is 0 Å². The highest BCUT2D eigenvalue weighted by Gasteiger charge is 2.40. The summed E-state index contributed by atoms with van der Waals surface area (Å²) in [7, 11) is 0. The molecule has 3 fully saturated rings. The van der Waals surface area contributed by atoms with Crippen molar-refractivity contribution in [2.45, 2.75) is 19.4 Å². The number of hydrogen-bond acceptors (Lipinski definition) is 4. The maximum absolute atomic E-state index is 5.50. The molecular weight excluding hydrogens is 274 g/mol. The van der Waals surface area contributed by atoms with Gasteiger partial charge >= 0.3 is 0 Å². The molecule has 3 saturated heterocycles. The average Bonchev–Trinajstić information content (AvgIpc) is 3.19. The van der Waals surface area contributed by atoms with Crippen LogP contribution in [-0.4, -0.2) is 57.4 Å². The zero-order valence-electron chi connectivity index (χ0n) is 13.4. The second kappa shape index (κ2) is 6.19. The third-order valence-electron chi connectivity index (χ3n) is 5.59. The lowest BCUT2D eigenvalue weighted by molar-refractivity contribution is 0.122. The van der Waals surface area contributed by atoms with Crippen LogP contribution in [0.15, 0.2) is 24.3 Å². The monoisotopic (exact) mass is 301 g/mol. The van der Waals surface area contributed by atoms with E-state index < -0.39 is 0 Å². The van der Waals surface area contributed by atoms with Crippen LogP contribution in [0.2, 0.25) is 0 Å². The van der Waals surface area contributed by atoms with Gasteiger partial charge in [0.2, 0.25) is 0 Å². The van der Waals surface area contributed by atoms with Gasteiger partial charge in [0.25, 0.3) is 0 Å². The molecule has 1 aromatic rings. The maximum Gasteiger partial charge on any atom is 0.0642 e. The minimum absolute atomic E-state index is 0.563. The quantitative estimate of drug-likeness (QED) is 0.920. The smallest absolute Gasteiger partial charge is 0.0642 e. The Kier molecular flexibility index (Phi) is 4.07. The average molecular weight is 301 g/mol. The maximum atomic E-state index is 5.50. The summed E-state index contributed by atoms with van der Waals surface area (Å²) in [4.78, 5) is 5.15. The van der Waals surface area contributed by atoms with E-state index in [9.17, 15) is 0 Å². The van der Waals surface area contributed by atoms with Gasteiger partial charge in [-0.1, -0.05) is 18.2 Å². The molecule has 1 atom stereocenters. The molecule has 0 aromatic heterocycles. The van der Waals surface area contributed by atoms with Crippen molar-refractivity contribution in [3.8, 4) is 0 Å². The molecule has 0 aliphatic carbocycles. The molecule has 1 aromatic carbocycles. The van der Waals surface area contributed by atoms with Gasteiger partial charge < -0.3 is 15.0 Å². The van der Waals surface area contributed by atoms with Gasteiger partial charge in [0.15, 0.2) is 0 Å². The van der Waals surface area contributed by atoms with E-state index in [0.29, 0.717) is 5.41 Å². The number of nitrogens with one attached hydrogen (secondary N) is 1. The van der Waals surface area contributed by atoms with E-state index in [1.165, 1.54) is 50.3 Å². The molecule has 0 bridgehead atoms. The van der Waals surface area contributed by atoms with Gasteiger partial charge in [-0.05, 0) is 43.0 Å². The number of hydrogen-bond donors (Lipinski definition) is 1. The number of likely N-dealkylation sites (tertiary alicyclic amines) is 1. The molecule has 3 aliphatic rings. The van der Waals surface area contributed by atoms with E-state index in [1.807, 2.05) is 0 Å². The first-order chi connectivity index (χ1) is 10.8. The SMILES string of the molecule is c1ccc(N2CCOCC2)c(CN2CCC3(CCNC3)C2)c1. The number of benzene rings is 1. The van der Waals surface area contributed by atoms with Gasteiger partial charge in [-0.25, -0.2) is 0 Å². The minimum atomic E-state index is 0.563. The molecule has 1 unspecified atom stereocenters. The summed E-state index contributed by atoms with van der Waals surface area (Å²) in [6, 6.07) is 8.94. The van der Waals surface area contributed by atoms with E-state index in [2.05, 4.69) is 39.4 Å². The predicted octanol–water partition coefficient (Wildman–Crippen LogP) is 1.71. The second-order valence-electron chi connectivity index (χ2n) is 7.12. The number of rotatable bonds is 3. The molecule has 22 heavy (non-hydrogen) atoms. The van der Waals surface area contributed by atoms with Gasteiger partial charge in [-0.15, -0.1) is 0 Å². The Labute approximate surface area is 133 Å². The van der Waals surface area contributed by atoms with Gasteiger partial charge in [-0.3, -0.25) is 4.90 Å². The number of ether oxygens (including phenoxy) is 1. The molecule has 3 aliphatic heterocycles. The highest BCUT2D eigenvalue weighted by Crippen LogP contribution is 2.37. The predicted molar refractivity (Wildman–Crippen MR) is 89.3 cm³/mol. The topological polar surface area (TPSA) is 27.7 Å². The van der Waals surface area contributed by atoms with Crippen LogP contribution in [0, 0.1) is 5.41 Å². The van der Waals surface area contributed by atoms with Crippen molar-refractivity contribution in [1.82, 2.24) is 10.2 Å². The Balaban J connectivity index is 1.46. The summed E-state index contributed by atoms with van der Waals surface area (Å²) < 4.78 is 5.50. The Hall–Kier alpha value is -1.10. The Morgan fingerprint density at radius 3 is 2.77 bits per heavy atom. The van der Waals surface area contributed by atoms with Crippen molar-refractivity contribution in [3.63, 3.8) is 0 Å². The van der Waals surface area contributed by atoms with Crippen LogP contribution in [0.1, 0.15) is 18.4 Å². The first-order valence-corrected chi connectivity index (χ1v) is 8.68. The highest BCUT2D eigenvalue weighted by atomic mass is 16.5. The van der Waals surface area contributed by atoms with Crippen molar-refractivity contribution in [3.05, 3.63) is 29.8 Å². The van der Waals surface area contributed by atoms with Crippen molar-refractivity contribution < 1.29 is 4.74 Å². The molecule has 4 nitrogen and oxygen atoms in total. The van der Waals surface area contributed by atoms with Crippen LogP contribution >= 0.6 is 0 Å². The highest BCUT2D eigenvalue weighted by molar-refractivity contribution is 5.54. The van der Waals surface area contributed by atoms with Crippen molar-refractivity contribution in [2.24, 2.45) is 5.41 Å². The molecule has 1 N–H and O–H groups in total. The van der Waals surface area contributed by atoms with Crippen LogP contribution in [0.4, 0.5) is 5.69 Å². The zero-order chi connectivity index (χ0) is 14.8. The first kappa shape index (κ1) is 14.5. The summed E-state index contributed by atoms with van der Waals surface area (Å²) in [5.74, 6) is 0. The summed E-state index contributed by atoms with van der Waals surface area (Å²) in [5, 5.41) is 3.55. The van der Waals surface area contributed by atoms with E-state index in [-0.39, 0.29) is 0 Å². The largest absolute Gasteiger partial charge is 0.378 e. The minimum Gasteiger partial charge on any atom is -0.378 e. The van der Waals surface area contributed by atoms with E-state index in [0.717, 1.165) is 32.8 Å². The Bertz CT molecular complexity index is 507. The van der Waals surface area contributed by atoms with Gasteiger partial charge in [0, 0.05) is 38.4 Å². The van der Waals surface area contributed by atoms with E-state index >= 15 is 0 Å². The van der Waals surface area contributed by atoms with Crippen LogP contribution in [0.5, 0.6) is 0 Å². The molecule has 0 saturated carbocycles. The summed E-state index contributed by atoms with van der Waals surface area (Å²) in [5.41, 5.74) is 3.46. The molecule has 3 heterocycles. The molecule has 4 rings (SSSR count). The van der Waals surface area contributed by atoms with Gasteiger partial charge in [0.1, 0.15) is 0 Å². The number of anilines is 1. The fourth-order valence-electron chi connectivity index (χ4n) is 4.30. The van der Waals surface area contributed by atoms with Crippen LogP contribution in [-0.2, 0) is 11.3 Å². The van der Waals surface area contributed by atoms with Crippen molar-refractivity contribution in [2.75, 3.05) is 57.4 Å². The lowest BCUT2D eigenvalue weighted by atomic mass is 9.86. The van der Waals surface area contributed by atoms with Crippen LogP contribution < -0.4 is 10.2 Å². The summed E-state index contributed by atoms with van der Waals surface area (Å²) in [6.45, 7) is 9.77. The molecule has 4 heteroatoms. The lowest BCUT2D eigenvalue weighted by Gasteiger charge is -2.31. The number of nitrogens with zero attached hydrogens (tertiary/aromatic N) is 2. The second-order valence-corrected chi connectivity index (χ2v) is 7.12. The molecule has 0 radical (unpaired) electrons. The fraction of sp³-hybridized carbons (Fsp3) is 0.667. The van der Waals surface area contributed by atoms with Crippen molar-refractivity contribution in [1.29, 1.82) is 0 Å². The first-order valence-electron chi connectivity index (χ1n) is 8.68. The fourth-order valence-corrected chi connectivity index (χ4v) is 4.30. The molecule has 0 amide bonds. The van der Waals surface area contributed by atoms with Gasteiger partial charge in [-0.2, -0.15) is 0 Å². The van der Waals surface area contributed by atoms with E-state index in [4.69, 9.17) is 4.74 Å². The van der Waals surface area contributed by atoms with Gasteiger partial charge in [0.05, 0.1) is 13.2 Å². The molecule has 120 valence electrons. The third kappa shape index (κ3) is 2.87. The number of para-hydroxylation sites is 1.